The Morgan fingerprint density at radius 2 is 2.06 bits per heavy atom. The third kappa shape index (κ3) is 2.80. The summed E-state index contributed by atoms with van der Waals surface area (Å²) in [5.41, 5.74) is 2.23. The van der Waals surface area contributed by atoms with Crippen molar-refractivity contribution < 1.29 is 0 Å². The van der Waals surface area contributed by atoms with Gasteiger partial charge in [-0.05, 0) is 20.8 Å². The minimum Gasteiger partial charge on any atom is -0.361 e. The van der Waals surface area contributed by atoms with Crippen LogP contribution in [0.4, 0.5) is 5.13 Å². The molecule has 5 heteroatoms. The molecule has 0 radical (unpaired) electrons. The first-order valence-electron chi connectivity index (χ1n) is 5.24. The van der Waals surface area contributed by atoms with E-state index in [9.17, 15) is 0 Å². The summed E-state index contributed by atoms with van der Waals surface area (Å²) < 4.78 is 0. The molecule has 0 aliphatic heterocycles. The molecule has 0 unspecified atom stereocenters. The van der Waals surface area contributed by atoms with E-state index in [0.717, 1.165) is 29.5 Å². The Labute approximate surface area is 104 Å². The summed E-state index contributed by atoms with van der Waals surface area (Å²) in [6, 6.07) is 0. The average molecular weight is 253 g/mol. The molecule has 2 aromatic heterocycles. The predicted octanol–water partition coefficient (Wildman–Crippen LogP) is 3.18. The number of hydrogen-bond donors (Lipinski definition) is 1. The summed E-state index contributed by atoms with van der Waals surface area (Å²) in [5, 5.41) is 7.64. The van der Waals surface area contributed by atoms with E-state index >= 15 is 0 Å². The zero-order chi connectivity index (χ0) is 11.5. The lowest BCUT2D eigenvalue weighted by Gasteiger charge is -1.99. The third-order valence-electron chi connectivity index (χ3n) is 2.31. The first-order valence-corrected chi connectivity index (χ1v) is 6.93. The van der Waals surface area contributed by atoms with Crippen LogP contribution >= 0.6 is 22.7 Å². The highest BCUT2D eigenvalue weighted by Gasteiger charge is 2.03. The number of aromatic nitrogens is 2. The Bertz CT molecular complexity index is 454. The molecule has 2 rings (SSSR count). The van der Waals surface area contributed by atoms with Crippen LogP contribution in [-0.2, 0) is 6.42 Å². The first kappa shape index (κ1) is 11.5. The van der Waals surface area contributed by atoms with Crippen LogP contribution in [0.2, 0.25) is 0 Å². The second-order valence-electron chi connectivity index (χ2n) is 3.72. The van der Waals surface area contributed by atoms with E-state index in [-0.39, 0.29) is 0 Å². The second kappa shape index (κ2) is 4.93. The van der Waals surface area contributed by atoms with Crippen molar-refractivity contribution >= 4 is 27.8 Å². The van der Waals surface area contributed by atoms with Gasteiger partial charge in [-0.2, -0.15) is 0 Å². The lowest BCUT2D eigenvalue weighted by atomic mass is 10.4. The topological polar surface area (TPSA) is 37.8 Å². The number of aryl methyl sites for hydroxylation is 3. The summed E-state index contributed by atoms with van der Waals surface area (Å²) in [4.78, 5) is 10.1. The average Bonchev–Trinajstić information content (AvgIpc) is 2.75. The Balaban J connectivity index is 1.84. The number of thiazole rings is 2. The van der Waals surface area contributed by atoms with Crippen molar-refractivity contribution in [2.45, 2.75) is 27.2 Å². The number of hydrogen-bond acceptors (Lipinski definition) is 5. The van der Waals surface area contributed by atoms with Crippen LogP contribution in [-0.4, -0.2) is 16.5 Å². The van der Waals surface area contributed by atoms with Gasteiger partial charge in [0.25, 0.3) is 0 Å². The smallest absolute Gasteiger partial charge is 0.183 e. The molecule has 2 aromatic rings. The molecule has 86 valence electrons. The van der Waals surface area contributed by atoms with E-state index in [0.29, 0.717) is 0 Å². The van der Waals surface area contributed by atoms with E-state index in [4.69, 9.17) is 0 Å². The van der Waals surface area contributed by atoms with Gasteiger partial charge >= 0.3 is 0 Å². The molecule has 2 heterocycles. The normalized spacial score (nSPS) is 10.7. The quantitative estimate of drug-likeness (QED) is 0.909. The van der Waals surface area contributed by atoms with Gasteiger partial charge in [0.05, 0.1) is 10.7 Å². The van der Waals surface area contributed by atoms with Crippen LogP contribution in [0, 0.1) is 20.8 Å². The monoisotopic (exact) mass is 253 g/mol. The molecule has 3 nitrogen and oxygen atoms in total. The van der Waals surface area contributed by atoms with Crippen LogP contribution in [0.15, 0.2) is 5.38 Å². The van der Waals surface area contributed by atoms with Crippen LogP contribution in [0.3, 0.4) is 0 Å². The van der Waals surface area contributed by atoms with Crippen LogP contribution < -0.4 is 5.32 Å². The van der Waals surface area contributed by atoms with Gasteiger partial charge in [-0.25, -0.2) is 9.97 Å². The zero-order valence-electron chi connectivity index (χ0n) is 9.70. The summed E-state index contributed by atoms with van der Waals surface area (Å²) in [6.07, 6.45) is 0.968. The summed E-state index contributed by atoms with van der Waals surface area (Å²) in [7, 11) is 0. The third-order valence-corrected chi connectivity index (χ3v) is 4.37. The minimum atomic E-state index is 0.902. The van der Waals surface area contributed by atoms with Gasteiger partial charge in [0.15, 0.2) is 5.13 Å². The summed E-state index contributed by atoms with van der Waals surface area (Å²) in [5.74, 6) is 0. The van der Waals surface area contributed by atoms with Gasteiger partial charge in [-0.3, -0.25) is 0 Å². The summed E-state index contributed by atoms with van der Waals surface area (Å²) in [6.45, 7) is 7.07. The molecule has 0 aliphatic carbocycles. The maximum Gasteiger partial charge on any atom is 0.183 e. The molecular weight excluding hydrogens is 238 g/mol. The number of nitrogens with one attached hydrogen (secondary N) is 1. The second-order valence-corrected chi connectivity index (χ2v) is 5.87. The first-order chi connectivity index (χ1) is 7.65. The largest absolute Gasteiger partial charge is 0.361 e. The van der Waals surface area contributed by atoms with Crippen molar-refractivity contribution in [2.75, 3.05) is 11.9 Å². The van der Waals surface area contributed by atoms with Gasteiger partial charge in [0.2, 0.25) is 0 Å². The summed E-state index contributed by atoms with van der Waals surface area (Å²) >= 11 is 3.44. The van der Waals surface area contributed by atoms with Crippen LogP contribution in [0.1, 0.15) is 21.3 Å². The Kier molecular flexibility index (Phi) is 3.56. The Morgan fingerprint density at radius 1 is 1.25 bits per heavy atom. The SMILES string of the molecule is Cc1csc(CCNc2nc(C)c(C)s2)n1. The molecule has 0 spiro atoms. The van der Waals surface area contributed by atoms with Gasteiger partial charge in [-0.1, -0.05) is 0 Å². The molecule has 0 atom stereocenters. The fourth-order valence-corrected chi connectivity index (χ4v) is 2.96. The van der Waals surface area contributed by atoms with Crippen molar-refractivity contribution in [3.8, 4) is 0 Å². The molecule has 1 N–H and O–H groups in total. The highest BCUT2D eigenvalue weighted by atomic mass is 32.1. The van der Waals surface area contributed by atoms with Crippen molar-refractivity contribution in [1.82, 2.24) is 9.97 Å². The number of rotatable bonds is 4. The lowest BCUT2D eigenvalue weighted by Crippen LogP contribution is -2.04. The van der Waals surface area contributed by atoms with E-state index in [2.05, 4.69) is 27.6 Å². The molecule has 16 heavy (non-hydrogen) atoms. The van der Waals surface area contributed by atoms with Gasteiger partial charge in [0, 0.05) is 28.9 Å². The van der Waals surface area contributed by atoms with E-state index < -0.39 is 0 Å². The van der Waals surface area contributed by atoms with Gasteiger partial charge in [-0.15, -0.1) is 22.7 Å². The van der Waals surface area contributed by atoms with Gasteiger partial charge < -0.3 is 5.32 Å². The molecule has 0 saturated heterocycles. The minimum absolute atomic E-state index is 0.902. The molecule has 0 fully saturated rings. The Hall–Kier alpha value is -0.940. The molecule has 0 amide bonds. The zero-order valence-corrected chi connectivity index (χ0v) is 11.3. The number of nitrogens with zero attached hydrogens (tertiary/aromatic N) is 2. The molecular formula is C11H15N3S2. The predicted molar refractivity (Wildman–Crippen MR) is 70.6 cm³/mol. The maximum atomic E-state index is 4.44. The highest BCUT2D eigenvalue weighted by Crippen LogP contribution is 2.21. The molecule has 0 aliphatic rings. The van der Waals surface area contributed by atoms with Crippen molar-refractivity contribution in [1.29, 1.82) is 0 Å². The Morgan fingerprint density at radius 3 is 2.62 bits per heavy atom. The van der Waals surface area contributed by atoms with Gasteiger partial charge in [0.1, 0.15) is 0 Å². The van der Waals surface area contributed by atoms with Crippen LogP contribution in [0.5, 0.6) is 0 Å². The van der Waals surface area contributed by atoms with E-state index in [1.54, 1.807) is 22.7 Å². The fraction of sp³-hybridized carbons (Fsp3) is 0.455. The molecule has 0 bridgehead atoms. The number of anilines is 1. The van der Waals surface area contributed by atoms with E-state index in [1.807, 2.05) is 13.8 Å². The fourth-order valence-electron chi connectivity index (χ4n) is 1.34. The maximum absolute atomic E-state index is 4.44. The van der Waals surface area contributed by atoms with Crippen molar-refractivity contribution in [3.05, 3.63) is 26.7 Å². The molecule has 0 saturated carbocycles. The standard InChI is InChI=1S/C11H15N3S2/c1-7-6-15-10(13-7)4-5-12-11-14-8(2)9(3)16-11/h6H,4-5H2,1-3H3,(H,12,14). The lowest BCUT2D eigenvalue weighted by molar-refractivity contribution is 0.982. The highest BCUT2D eigenvalue weighted by molar-refractivity contribution is 7.15. The van der Waals surface area contributed by atoms with Crippen LogP contribution in [0.25, 0.3) is 0 Å². The molecule has 0 aromatic carbocycles. The van der Waals surface area contributed by atoms with Crippen molar-refractivity contribution in [3.63, 3.8) is 0 Å². The van der Waals surface area contributed by atoms with Crippen molar-refractivity contribution in [2.24, 2.45) is 0 Å². The van der Waals surface area contributed by atoms with E-state index in [1.165, 1.54) is 9.88 Å².